The van der Waals surface area contributed by atoms with Crippen LogP contribution in [0.2, 0.25) is 0 Å². The van der Waals surface area contributed by atoms with Crippen molar-refractivity contribution in [1.29, 1.82) is 0 Å². The third kappa shape index (κ3) is 4.05. The first-order valence-electron chi connectivity index (χ1n) is 6.95. The van der Waals surface area contributed by atoms with Gasteiger partial charge in [-0.05, 0) is 23.6 Å². The third-order valence-electron chi connectivity index (χ3n) is 3.23. The Morgan fingerprint density at radius 1 is 1.10 bits per heavy atom. The maximum Gasteiger partial charge on any atom is 0.319 e. The van der Waals surface area contributed by atoms with Crippen molar-refractivity contribution in [2.24, 2.45) is 0 Å². The highest BCUT2D eigenvalue weighted by atomic mass is 19.1. The van der Waals surface area contributed by atoms with Crippen LogP contribution in [0.4, 0.5) is 14.9 Å². The minimum Gasteiger partial charge on any atom is -0.334 e. The molecule has 0 bridgehead atoms. The molecule has 0 aromatic heterocycles. The molecule has 2 amide bonds. The predicted molar refractivity (Wildman–Crippen MR) is 82.8 cm³/mol. The summed E-state index contributed by atoms with van der Waals surface area (Å²) in [5.74, 6) is -0.00607. The summed E-state index contributed by atoms with van der Waals surface area (Å²) in [4.78, 5) is 11.9. The zero-order valence-electron chi connectivity index (χ0n) is 12.2. The van der Waals surface area contributed by atoms with E-state index in [1.807, 2.05) is 24.3 Å². The largest absolute Gasteiger partial charge is 0.334 e. The van der Waals surface area contributed by atoms with Gasteiger partial charge in [-0.1, -0.05) is 50.2 Å². The van der Waals surface area contributed by atoms with Gasteiger partial charge in [0.25, 0.3) is 0 Å². The van der Waals surface area contributed by atoms with E-state index in [4.69, 9.17) is 0 Å². The summed E-state index contributed by atoms with van der Waals surface area (Å²) >= 11 is 0. The summed E-state index contributed by atoms with van der Waals surface area (Å²) in [5, 5.41) is 5.47. The fraction of sp³-hybridized carbons (Fsp3) is 0.235. The molecule has 0 saturated carbocycles. The lowest BCUT2D eigenvalue weighted by molar-refractivity contribution is 0.251. The molecular weight excluding hydrogens is 267 g/mol. The van der Waals surface area contributed by atoms with Gasteiger partial charge in [0.1, 0.15) is 5.82 Å². The number of rotatable bonds is 4. The zero-order chi connectivity index (χ0) is 15.2. The third-order valence-corrected chi connectivity index (χ3v) is 3.23. The van der Waals surface area contributed by atoms with Crippen molar-refractivity contribution >= 4 is 11.7 Å². The number of hydrogen-bond acceptors (Lipinski definition) is 1. The summed E-state index contributed by atoms with van der Waals surface area (Å²) in [6, 6.07) is 13.7. The highest BCUT2D eigenvalue weighted by Crippen LogP contribution is 2.23. The van der Waals surface area contributed by atoms with Crippen LogP contribution in [0.3, 0.4) is 0 Å². The number of halogens is 1. The average molecular weight is 286 g/mol. The second-order valence-electron chi connectivity index (χ2n) is 5.14. The molecule has 110 valence electrons. The number of benzene rings is 2. The highest BCUT2D eigenvalue weighted by Gasteiger charge is 2.09. The molecule has 0 aliphatic rings. The predicted octanol–water partition coefficient (Wildman–Crippen LogP) is 4.27. The van der Waals surface area contributed by atoms with Gasteiger partial charge in [-0.3, -0.25) is 0 Å². The minimum atomic E-state index is -0.341. The molecule has 2 aromatic carbocycles. The molecule has 0 saturated heterocycles. The number of nitrogens with one attached hydrogen (secondary N) is 2. The van der Waals surface area contributed by atoms with Crippen molar-refractivity contribution in [1.82, 2.24) is 5.32 Å². The maximum atomic E-state index is 13.5. The van der Waals surface area contributed by atoms with Crippen molar-refractivity contribution in [2.75, 3.05) is 5.32 Å². The van der Waals surface area contributed by atoms with E-state index < -0.39 is 0 Å². The molecule has 0 fully saturated rings. The molecule has 0 atom stereocenters. The summed E-state index contributed by atoms with van der Waals surface area (Å²) in [6.45, 7) is 4.29. The Morgan fingerprint density at radius 2 is 1.76 bits per heavy atom. The van der Waals surface area contributed by atoms with Crippen LogP contribution in [0, 0.1) is 5.82 Å². The Morgan fingerprint density at radius 3 is 2.48 bits per heavy atom. The first-order chi connectivity index (χ1) is 10.1. The first kappa shape index (κ1) is 15.0. The molecule has 0 spiro atoms. The summed E-state index contributed by atoms with van der Waals surface area (Å²) < 4.78 is 13.5. The van der Waals surface area contributed by atoms with Crippen LogP contribution < -0.4 is 10.6 Å². The van der Waals surface area contributed by atoms with Gasteiger partial charge in [-0.15, -0.1) is 0 Å². The molecule has 0 radical (unpaired) electrons. The number of carbonyl (C=O) groups is 1. The van der Waals surface area contributed by atoms with Gasteiger partial charge >= 0.3 is 6.03 Å². The lowest BCUT2D eigenvalue weighted by Gasteiger charge is -2.14. The molecule has 21 heavy (non-hydrogen) atoms. The van der Waals surface area contributed by atoms with Crippen LogP contribution in [0.15, 0.2) is 48.5 Å². The molecule has 0 aliphatic carbocycles. The molecule has 2 rings (SSSR count). The van der Waals surface area contributed by atoms with Crippen LogP contribution in [0.5, 0.6) is 0 Å². The second-order valence-corrected chi connectivity index (χ2v) is 5.14. The summed E-state index contributed by atoms with van der Waals surface area (Å²) in [5.41, 5.74) is 2.31. The van der Waals surface area contributed by atoms with Gasteiger partial charge in [0.05, 0.1) is 0 Å². The van der Waals surface area contributed by atoms with E-state index in [1.54, 1.807) is 18.2 Å². The van der Waals surface area contributed by atoms with E-state index in [0.29, 0.717) is 11.5 Å². The number of para-hydroxylation sites is 1. The Bertz CT molecular complexity index is 626. The van der Waals surface area contributed by atoms with Gasteiger partial charge in [0.15, 0.2) is 0 Å². The first-order valence-corrected chi connectivity index (χ1v) is 6.95. The molecule has 2 N–H and O–H groups in total. The molecule has 3 nitrogen and oxygen atoms in total. The van der Waals surface area contributed by atoms with Gasteiger partial charge in [-0.25, -0.2) is 9.18 Å². The van der Waals surface area contributed by atoms with Crippen LogP contribution in [-0.2, 0) is 6.54 Å². The van der Waals surface area contributed by atoms with Crippen molar-refractivity contribution in [2.45, 2.75) is 26.3 Å². The normalized spacial score (nSPS) is 10.5. The SMILES string of the molecule is CC(C)c1ccccc1NC(=O)NCc1ccccc1F. The van der Waals surface area contributed by atoms with Gasteiger partial charge in [0, 0.05) is 17.8 Å². The average Bonchev–Trinajstić information content (AvgIpc) is 2.47. The monoisotopic (exact) mass is 286 g/mol. The van der Waals surface area contributed by atoms with E-state index in [9.17, 15) is 9.18 Å². The Hall–Kier alpha value is -2.36. The summed E-state index contributed by atoms with van der Waals surface area (Å²) in [7, 11) is 0. The molecule has 0 aliphatic heterocycles. The quantitative estimate of drug-likeness (QED) is 0.865. The number of amides is 2. The molecule has 0 heterocycles. The molecule has 4 heteroatoms. The topological polar surface area (TPSA) is 41.1 Å². The van der Waals surface area contributed by atoms with E-state index >= 15 is 0 Å². The van der Waals surface area contributed by atoms with Gasteiger partial charge in [-0.2, -0.15) is 0 Å². The van der Waals surface area contributed by atoms with E-state index in [2.05, 4.69) is 24.5 Å². The second kappa shape index (κ2) is 6.88. The Balaban J connectivity index is 1.98. The van der Waals surface area contributed by atoms with Crippen molar-refractivity contribution in [3.05, 3.63) is 65.5 Å². The Labute approximate surface area is 124 Å². The van der Waals surface area contributed by atoms with Crippen LogP contribution in [-0.4, -0.2) is 6.03 Å². The molecule has 0 unspecified atom stereocenters. The lowest BCUT2D eigenvalue weighted by atomic mass is 10.0. The lowest BCUT2D eigenvalue weighted by Crippen LogP contribution is -2.29. The number of carbonyl (C=O) groups excluding carboxylic acids is 1. The standard InChI is InChI=1S/C17H19FN2O/c1-12(2)14-8-4-6-10-16(14)20-17(21)19-11-13-7-3-5-9-15(13)18/h3-10,12H,11H2,1-2H3,(H2,19,20,21). The molecule has 2 aromatic rings. The van der Waals surface area contributed by atoms with Gasteiger partial charge < -0.3 is 10.6 Å². The Kier molecular flexibility index (Phi) is 4.93. The van der Waals surface area contributed by atoms with E-state index in [-0.39, 0.29) is 18.4 Å². The van der Waals surface area contributed by atoms with Gasteiger partial charge in [0.2, 0.25) is 0 Å². The van der Waals surface area contributed by atoms with Crippen LogP contribution in [0.25, 0.3) is 0 Å². The van der Waals surface area contributed by atoms with Crippen LogP contribution in [0.1, 0.15) is 30.9 Å². The van der Waals surface area contributed by atoms with Crippen LogP contribution >= 0.6 is 0 Å². The highest BCUT2D eigenvalue weighted by molar-refractivity contribution is 5.90. The number of urea groups is 1. The van der Waals surface area contributed by atoms with E-state index in [0.717, 1.165) is 11.3 Å². The van der Waals surface area contributed by atoms with E-state index in [1.165, 1.54) is 6.07 Å². The maximum absolute atomic E-state index is 13.5. The fourth-order valence-electron chi connectivity index (χ4n) is 2.10. The smallest absolute Gasteiger partial charge is 0.319 e. The zero-order valence-corrected chi connectivity index (χ0v) is 12.2. The number of anilines is 1. The summed E-state index contributed by atoms with van der Waals surface area (Å²) in [6.07, 6.45) is 0. The van der Waals surface area contributed by atoms with Crippen molar-refractivity contribution < 1.29 is 9.18 Å². The van der Waals surface area contributed by atoms with Crippen molar-refractivity contribution in [3.63, 3.8) is 0 Å². The molecular formula is C17H19FN2O. The minimum absolute atomic E-state index is 0.155. The van der Waals surface area contributed by atoms with Crippen molar-refractivity contribution in [3.8, 4) is 0 Å². The fourth-order valence-corrected chi connectivity index (χ4v) is 2.10. The number of hydrogen-bond donors (Lipinski definition) is 2.